The summed E-state index contributed by atoms with van der Waals surface area (Å²) in [5.41, 5.74) is 2.86. The fourth-order valence-electron chi connectivity index (χ4n) is 6.46. The van der Waals surface area contributed by atoms with E-state index in [9.17, 15) is 31.5 Å². The molecule has 1 saturated heterocycles. The van der Waals surface area contributed by atoms with Gasteiger partial charge in [0.2, 0.25) is 10.0 Å². The summed E-state index contributed by atoms with van der Waals surface area (Å²) in [6.45, 7) is 5.21. The lowest BCUT2D eigenvalue weighted by Gasteiger charge is -2.35. The predicted octanol–water partition coefficient (Wildman–Crippen LogP) is 4.99. The van der Waals surface area contributed by atoms with Crippen molar-refractivity contribution in [2.75, 3.05) is 31.1 Å². The summed E-state index contributed by atoms with van der Waals surface area (Å²) in [6, 6.07) is 13.2. The minimum atomic E-state index is -3.93. The van der Waals surface area contributed by atoms with Crippen LogP contribution in [0, 0.1) is 11.2 Å². The highest BCUT2D eigenvalue weighted by Crippen LogP contribution is 2.42. The molecule has 2 aliphatic carbocycles. The Labute approximate surface area is 251 Å². The highest BCUT2D eigenvalue weighted by molar-refractivity contribution is 7.92. The lowest BCUT2D eigenvalue weighted by molar-refractivity contribution is 0.246. The second-order valence-corrected chi connectivity index (χ2v) is 16.5. The average molecular weight is 628 g/mol. The fraction of sp³-hybridized carbons (Fsp3) is 0.387. The van der Waals surface area contributed by atoms with Gasteiger partial charge in [-0.05, 0) is 78.6 Å². The Hall–Kier alpha value is -3.48. The molecule has 3 aliphatic rings. The maximum atomic E-state index is 13.6. The molecule has 0 amide bonds. The van der Waals surface area contributed by atoms with Crippen molar-refractivity contribution in [2.45, 2.75) is 54.6 Å². The quantitative estimate of drug-likeness (QED) is 0.236. The van der Waals surface area contributed by atoms with Gasteiger partial charge in [0.05, 0.1) is 20.7 Å². The minimum absolute atomic E-state index is 0.0240. The van der Waals surface area contributed by atoms with Crippen LogP contribution < -0.4 is 4.90 Å². The molecule has 1 saturated carbocycles. The standard InChI is InChI=1S/C31H34FN3O6S2/c1-31(2)11-9-21(10-12-31)42(38,39)22-4-6-24-25-7-5-23(19-27(25)30(33-37)26(24)18-22)43(40,41)35-15-13-34(14-16-35)28-8-3-20(32)17-29(28)36/h3-8,17-19,21,36-37H,9-16H2,1-2H3/b33-30+. The van der Waals surface area contributed by atoms with Gasteiger partial charge in [0.25, 0.3) is 0 Å². The van der Waals surface area contributed by atoms with E-state index in [0.29, 0.717) is 53.9 Å². The van der Waals surface area contributed by atoms with Crippen LogP contribution in [0.25, 0.3) is 11.1 Å². The molecular weight excluding hydrogens is 593 g/mol. The molecule has 228 valence electrons. The summed E-state index contributed by atoms with van der Waals surface area (Å²) in [4.78, 5) is 2.00. The number of hydrogen-bond acceptors (Lipinski definition) is 8. The molecule has 0 unspecified atom stereocenters. The Kier molecular flexibility index (Phi) is 7.29. The summed E-state index contributed by atoms with van der Waals surface area (Å²) in [6.07, 6.45) is 2.84. The van der Waals surface area contributed by atoms with Crippen molar-refractivity contribution in [3.05, 3.63) is 71.5 Å². The van der Waals surface area contributed by atoms with Gasteiger partial charge in [-0.3, -0.25) is 0 Å². The lowest BCUT2D eigenvalue weighted by atomic mass is 9.77. The number of rotatable bonds is 5. The van der Waals surface area contributed by atoms with E-state index in [1.54, 1.807) is 23.1 Å². The van der Waals surface area contributed by atoms with E-state index in [1.165, 1.54) is 34.6 Å². The van der Waals surface area contributed by atoms with Gasteiger partial charge in [0.15, 0.2) is 9.84 Å². The van der Waals surface area contributed by atoms with Crippen LogP contribution in [0.4, 0.5) is 10.1 Å². The zero-order chi connectivity index (χ0) is 30.7. The Bertz CT molecular complexity index is 1840. The number of sulfone groups is 1. The van der Waals surface area contributed by atoms with Crippen molar-refractivity contribution in [2.24, 2.45) is 10.6 Å². The van der Waals surface area contributed by atoms with E-state index in [1.807, 2.05) is 0 Å². The van der Waals surface area contributed by atoms with E-state index in [-0.39, 0.29) is 39.8 Å². The number of aromatic hydroxyl groups is 1. The van der Waals surface area contributed by atoms with Gasteiger partial charge in [0.1, 0.15) is 17.3 Å². The number of benzene rings is 3. The van der Waals surface area contributed by atoms with Crippen LogP contribution in [0.3, 0.4) is 0 Å². The number of nitrogens with zero attached hydrogens (tertiary/aromatic N) is 3. The zero-order valence-corrected chi connectivity index (χ0v) is 25.6. The Morgan fingerprint density at radius 2 is 1.40 bits per heavy atom. The van der Waals surface area contributed by atoms with Crippen molar-refractivity contribution in [1.82, 2.24) is 4.31 Å². The first-order valence-electron chi connectivity index (χ1n) is 14.3. The van der Waals surface area contributed by atoms with Crippen molar-refractivity contribution in [3.8, 4) is 16.9 Å². The van der Waals surface area contributed by atoms with Crippen LogP contribution in [0.15, 0.2) is 69.5 Å². The molecule has 1 heterocycles. The van der Waals surface area contributed by atoms with Gasteiger partial charge in [0, 0.05) is 43.4 Å². The summed E-state index contributed by atoms with van der Waals surface area (Å²) in [5.74, 6) is -0.762. The van der Waals surface area contributed by atoms with Gasteiger partial charge in [-0.2, -0.15) is 4.31 Å². The Morgan fingerprint density at radius 1 is 0.814 bits per heavy atom. The molecule has 0 atom stereocenters. The monoisotopic (exact) mass is 627 g/mol. The predicted molar refractivity (Wildman–Crippen MR) is 162 cm³/mol. The summed E-state index contributed by atoms with van der Waals surface area (Å²) in [5, 5.41) is 23.1. The fourth-order valence-corrected chi connectivity index (χ4v) is 9.69. The number of phenolic OH excluding ortho intramolecular Hbond substituents is 1. The number of fused-ring (bicyclic) bond motifs is 3. The molecular formula is C31H34FN3O6S2. The molecule has 6 rings (SSSR count). The summed E-state index contributed by atoms with van der Waals surface area (Å²) >= 11 is 0. The van der Waals surface area contributed by atoms with Gasteiger partial charge < -0.3 is 15.2 Å². The number of anilines is 1. The molecule has 0 spiro atoms. The SMILES string of the molecule is CC1(C)CCC(S(=O)(=O)c2ccc3c(c2)/C(=N\O)c2cc(S(=O)(=O)N4CCN(c5ccc(F)cc5O)CC4)ccc2-3)CC1. The van der Waals surface area contributed by atoms with Crippen LogP contribution in [0.2, 0.25) is 0 Å². The molecule has 9 nitrogen and oxygen atoms in total. The number of oxime groups is 1. The van der Waals surface area contributed by atoms with Crippen LogP contribution in [0.5, 0.6) is 5.75 Å². The van der Waals surface area contributed by atoms with E-state index in [0.717, 1.165) is 18.9 Å². The maximum absolute atomic E-state index is 13.6. The minimum Gasteiger partial charge on any atom is -0.506 e. The smallest absolute Gasteiger partial charge is 0.243 e. The molecule has 3 aromatic carbocycles. The third-order valence-corrected chi connectivity index (χ3v) is 13.2. The lowest BCUT2D eigenvalue weighted by Crippen LogP contribution is -2.48. The largest absolute Gasteiger partial charge is 0.506 e. The van der Waals surface area contributed by atoms with E-state index >= 15 is 0 Å². The zero-order valence-electron chi connectivity index (χ0n) is 24.0. The molecule has 0 bridgehead atoms. The average Bonchev–Trinajstić information content (AvgIpc) is 3.29. The van der Waals surface area contributed by atoms with E-state index in [2.05, 4.69) is 19.0 Å². The molecule has 2 fully saturated rings. The van der Waals surface area contributed by atoms with Crippen molar-refractivity contribution < 1.29 is 31.5 Å². The molecule has 12 heteroatoms. The maximum Gasteiger partial charge on any atom is 0.243 e. The first-order chi connectivity index (χ1) is 20.3. The summed E-state index contributed by atoms with van der Waals surface area (Å²) in [7, 11) is -7.53. The van der Waals surface area contributed by atoms with Crippen LogP contribution in [0.1, 0.15) is 50.7 Å². The topological polar surface area (TPSA) is 128 Å². The second kappa shape index (κ2) is 10.6. The molecule has 0 radical (unpaired) electrons. The highest BCUT2D eigenvalue weighted by Gasteiger charge is 2.37. The second-order valence-electron chi connectivity index (χ2n) is 12.3. The number of phenols is 1. The van der Waals surface area contributed by atoms with Crippen LogP contribution in [-0.4, -0.2) is 68.6 Å². The van der Waals surface area contributed by atoms with E-state index < -0.39 is 30.9 Å². The number of hydrogen-bond donors (Lipinski definition) is 2. The molecule has 2 N–H and O–H groups in total. The molecule has 3 aromatic rings. The van der Waals surface area contributed by atoms with Gasteiger partial charge in [-0.1, -0.05) is 31.1 Å². The van der Waals surface area contributed by atoms with Crippen LogP contribution in [-0.2, 0) is 19.9 Å². The van der Waals surface area contributed by atoms with Crippen LogP contribution >= 0.6 is 0 Å². The van der Waals surface area contributed by atoms with Gasteiger partial charge >= 0.3 is 0 Å². The molecule has 1 aliphatic heterocycles. The third-order valence-electron chi connectivity index (χ3n) is 9.09. The summed E-state index contributed by atoms with van der Waals surface area (Å²) < 4.78 is 69.1. The van der Waals surface area contributed by atoms with Crippen molar-refractivity contribution >= 4 is 31.3 Å². The van der Waals surface area contributed by atoms with Gasteiger partial charge in [-0.15, -0.1) is 0 Å². The Morgan fingerprint density at radius 3 is 1.98 bits per heavy atom. The van der Waals surface area contributed by atoms with Crippen molar-refractivity contribution in [1.29, 1.82) is 0 Å². The van der Waals surface area contributed by atoms with Gasteiger partial charge in [-0.25, -0.2) is 21.2 Å². The number of sulfonamides is 1. The first-order valence-corrected chi connectivity index (χ1v) is 17.3. The normalized spacial score (nSPS) is 20.3. The van der Waals surface area contributed by atoms with Crippen molar-refractivity contribution in [3.63, 3.8) is 0 Å². The number of halogens is 1. The first kappa shape index (κ1) is 29.6. The molecule has 43 heavy (non-hydrogen) atoms. The van der Waals surface area contributed by atoms with E-state index in [4.69, 9.17) is 0 Å². The number of piperazine rings is 1. The Balaban J connectivity index is 1.24. The third kappa shape index (κ3) is 5.19. The molecule has 0 aromatic heterocycles. The highest BCUT2D eigenvalue weighted by atomic mass is 32.2.